The zero-order valence-corrected chi connectivity index (χ0v) is 13.8. The highest BCUT2D eigenvalue weighted by atomic mass is 79.9. The van der Waals surface area contributed by atoms with Gasteiger partial charge < -0.3 is 20.5 Å². The van der Waals surface area contributed by atoms with Crippen molar-refractivity contribution in [2.24, 2.45) is 0 Å². The SMILES string of the molecule is COc1ccc(Nc2ccc(N)c(OC(C)C)n2)cc1Br. The van der Waals surface area contributed by atoms with Crippen molar-refractivity contribution in [3.63, 3.8) is 0 Å². The topological polar surface area (TPSA) is 69.4 Å². The predicted molar refractivity (Wildman–Crippen MR) is 88.4 cm³/mol. The van der Waals surface area contributed by atoms with Gasteiger partial charge in [-0.3, -0.25) is 0 Å². The Morgan fingerprint density at radius 1 is 1.24 bits per heavy atom. The third-order valence-corrected chi connectivity index (χ3v) is 3.28. The molecule has 5 nitrogen and oxygen atoms in total. The van der Waals surface area contributed by atoms with Crippen molar-refractivity contribution in [1.29, 1.82) is 0 Å². The van der Waals surface area contributed by atoms with Crippen LogP contribution in [0.15, 0.2) is 34.8 Å². The van der Waals surface area contributed by atoms with Gasteiger partial charge in [0, 0.05) is 5.69 Å². The van der Waals surface area contributed by atoms with Crippen molar-refractivity contribution in [2.75, 3.05) is 18.2 Å². The number of hydrogen-bond acceptors (Lipinski definition) is 5. The quantitative estimate of drug-likeness (QED) is 0.852. The van der Waals surface area contributed by atoms with Crippen LogP contribution in [0.25, 0.3) is 0 Å². The second kappa shape index (κ2) is 6.67. The Morgan fingerprint density at radius 3 is 2.62 bits per heavy atom. The van der Waals surface area contributed by atoms with E-state index in [1.54, 1.807) is 19.2 Å². The molecule has 0 saturated carbocycles. The number of nitrogen functional groups attached to an aromatic ring is 1. The number of nitrogens with one attached hydrogen (secondary N) is 1. The second-order valence-corrected chi connectivity index (χ2v) is 5.59. The Morgan fingerprint density at radius 2 is 2.00 bits per heavy atom. The number of ether oxygens (including phenoxy) is 2. The van der Waals surface area contributed by atoms with Crippen molar-refractivity contribution in [2.45, 2.75) is 20.0 Å². The van der Waals surface area contributed by atoms with Crippen molar-refractivity contribution >= 4 is 33.1 Å². The molecule has 0 saturated heterocycles. The Kier molecular flexibility index (Phi) is 4.90. The van der Waals surface area contributed by atoms with Crippen LogP contribution in [-0.2, 0) is 0 Å². The first-order valence-electron chi connectivity index (χ1n) is 6.53. The van der Waals surface area contributed by atoms with Gasteiger partial charge in [0.1, 0.15) is 11.6 Å². The standard InChI is InChI=1S/C15H18BrN3O2/c1-9(2)21-15-12(17)5-7-14(19-15)18-10-4-6-13(20-3)11(16)8-10/h4-9H,17H2,1-3H3,(H,18,19). The van der Waals surface area contributed by atoms with E-state index in [4.69, 9.17) is 15.2 Å². The number of nitrogens with zero attached hydrogens (tertiary/aromatic N) is 1. The smallest absolute Gasteiger partial charge is 0.239 e. The van der Waals surface area contributed by atoms with Crippen LogP contribution in [-0.4, -0.2) is 18.2 Å². The molecule has 0 atom stereocenters. The highest BCUT2D eigenvalue weighted by Gasteiger charge is 2.07. The minimum Gasteiger partial charge on any atom is -0.496 e. The molecule has 1 heterocycles. The fraction of sp³-hybridized carbons (Fsp3) is 0.267. The monoisotopic (exact) mass is 351 g/mol. The van der Waals surface area contributed by atoms with Gasteiger partial charge >= 0.3 is 0 Å². The van der Waals surface area contributed by atoms with Crippen LogP contribution in [0.4, 0.5) is 17.2 Å². The molecule has 3 N–H and O–H groups in total. The summed E-state index contributed by atoms with van der Waals surface area (Å²) in [6, 6.07) is 9.27. The van der Waals surface area contributed by atoms with Crippen molar-refractivity contribution in [3.05, 3.63) is 34.8 Å². The summed E-state index contributed by atoms with van der Waals surface area (Å²) < 4.78 is 11.6. The summed E-state index contributed by atoms with van der Waals surface area (Å²) in [5, 5.41) is 3.20. The first-order chi connectivity index (χ1) is 9.99. The Labute approximate surface area is 132 Å². The fourth-order valence-corrected chi connectivity index (χ4v) is 2.27. The number of nitrogens with two attached hydrogens (primary N) is 1. The molecule has 0 fully saturated rings. The number of methoxy groups -OCH3 is 1. The number of hydrogen-bond donors (Lipinski definition) is 2. The minimum atomic E-state index is 0.0187. The van der Waals surface area contributed by atoms with E-state index in [0.717, 1.165) is 15.9 Å². The normalized spacial score (nSPS) is 10.5. The molecule has 2 aromatic rings. The van der Waals surface area contributed by atoms with Crippen LogP contribution in [0.5, 0.6) is 11.6 Å². The molecule has 21 heavy (non-hydrogen) atoms. The maximum atomic E-state index is 5.85. The van der Waals surface area contributed by atoms with Gasteiger partial charge in [-0.1, -0.05) is 0 Å². The number of anilines is 3. The summed E-state index contributed by atoms with van der Waals surface area (Å²) in [4.78, 5) is 4.38. The van der Waals surface area contributed by atoms with Crippen LogP contribution in [0, 0.1) is 0 Å². The van der Waals surface area contributed by atoms with Gasteiger partial charge in [0.05, 0.1) is 23.4 Å². The summed E-state index contributed by atoms with van der Waals surface area (Å²) in [7, 11) is 1.63. The van der Waals surface area contributed by atoms with Crippen LogP contribution in [0.1, 0.15) is 13.8 Å². The second-order valence-electron chi connectivity index (χ2n) is 4.73. The van der Waals surface area contributed by atoms with Gasteiger partial charge in [0.2, 0.25) is 5.88 Å². The molecule has 1 aromatic heterocycles. The lowest BCUT2D eigenvalue weighted by Gasteiger charge is -2.13. The number of benzene rings is 1. The Hall–Kier alpha value is -1.95. The molecule has 0 aliphatic carbocycles. The van der Waals surface area contributed by atoms with Gasteiger partial charge in [-0.25, -0.2) is 0 Å². The van der Waals surface area contributed by atoms with Gasteiger partial charge in [0.15, 0.2) is 0 Å². The van der Waals surface area contributed by atoms with Gasteiger partial charge in [-0.2, -0.15) is 4.98 Å². The Balaban J connectivity index is 2.21. The van der Waals surface area contributed by atoms with E-state index in [1.807, 2.05) is 32.0 Å². The van der Waals surface area contributed by atoms with Crippen molar-refractivity contribution in [3.8, 4) is 11.6 Å². The first-order valence-corrected chi connectivity index (χ1v) is 7.32. The molecule has 0 unspecified atom stereocenters. The molecular weight excluding hydrogens is 334 g/mol. The van der Waals surface area contributed by atoms with Crippen LogP contribution in [0.3, 0.4) is 0 Å². The molecular formula is C15H18BrN3O2. The lowest BCUT2D eigenvalue weighted by molar-refractivity contribution is 0.234. The van der Waals surface area contributed by atoms with Gasteiger partial charge in [-0.05, 0) is 60.1 Å². The molecule has 2 rings (SSSR count). The molecule has 0 amide bonds. The molecule has 1 aromatic carbocycles. The predicted octanol–water partition coefficient (Wildman–Crippen LogP) is 3.97. The van der Waals surface area contributed by atoms with Crippen LogP contribution in [0.2, 0.25) is 0 Å². The maximum absolute atomic E-state index is 5.85. The molecule has 0 aliphatic rings. The van der Waals surface area contributed by atoms with Gasteiger partial charge in [0.25, 0.3) is 0 Å². The van der Waals surface area contributed by atoms with Crippen molar-refractivity contribution < 1.29 is 9.47 Å². The van der Waals surface area contributed by atoms with Crippen LogP contribution >= 0.6 is 15.9 Å². The number of rotatable bonds is 5. The molecule has 112 valence electrons. The summed E-state index contributed by atoms with van der Waals surface area (Å²) in [5.41, 5.74) is 7.26. The lowest BCUT2D eigenvalue weighted by Crippen LogP contribution is -2.09. The van der Waals surface area contributed by atoms with Crippen molar-refractivity contribution in [1.82, 2.24) is 4.98 Å². The first kappa shape index (κ1) is 15.4. The summed E-state index contributed by atoms with van der Waals surface area (Å²) in [6.45, 7) is 3.86. The zero-order valence-electron chi connectivity index (χ0n) is 12.2. The molecule has 0 spiro atoms. The van der Waals surface area contributed by atoms with E-state index in [1.165, 1.54) is 0 Å². The molecule has 0 radical (unpaired) electrons. The van der Waals surface area contributed by atoms with Crippen LogP contribution < -0.4 is 20.5 Å². The third kappa shape index (κ3) is 4.01. The van der Waals surface area contributed by atoms with E-state index < -0.39 is 0 Å². The summed E-state index contributed by atoms with van der Waals surface area (Å²) >= 11 is 3.45. The highest BCUT2D eigenvalue weighted by Crippen LogP contribution is 2.30. The fourth-order valence-electron chi connectivity index (χ4n) is 1.73. The minimum absolute atomic E-state index is 0.0187. The number of aromatic nitrogens is 1. The largest absolute Gasteiger partial charge is 0.496 e. The maximum Gasteiger partial charge on any atom is 0.239 e. The number of pyridine rings is 1. The lowest BCUT2D eigenvalue weighted by atomic mass is 10.3. The van der Waals surface area contributed by atoms with E-state index in [2.05, 4.69) is 26.2 Å². The zero-order chi connectivity index (χ0) is 15.4. The van der Waals surface area contributed by atoms with E-state index in [9.17, 15) is 0 Å². The van der Waals surface area contributed by atoms with E-state index in [0.29, 0.717) is 17.4 Å². The summed E-state index contributed by atoms with van der Waals surface area (Å²) in [6.07, 6.45) is 0.0187. The Bertz CT molecular complexity index is 632. The number of halogens is 1. The van der Waals surface area contributed by atoms with E-state index in [-0.39, 0.29) is 6.10 Å². The average Bonchev–Trinajstić information content (AvgIpc) is 2.42. The summed E-state index contributed by atoms with van der Waals surface area (Å²) in [5.74, 6) is 1.87. The third-order valence-electron chi connectivity index (χ3n) is 2.66. The van der Waals surface area contributed by atoms with E-state index >= 15 is 0 Å². The van der Waals surface area contributed by atoms with Gasteiger partial charge in [-0.15, -0.1) is 0 Å². The molecule has 0 aliphatic heterocycles. The molecule has 0 bridgehead atoms. The molecule has 6 heteroatoms. The highest BCUT2D eigenvalue weighted by molar-refractivity contribution is 9.10. The average molecular weight is 352 g/mol.